The quantitative estimate of drug-likeness (QED) is 0.842. The Labute approximate surface area is 146 Å². The van der Waals surface area contributed by atoms with Crippen LogP contribution >= 0.6 is 22.9 Å². The summed E-state index contributed by atoms with van der Waals surface area (Å²) in [6, 6.07) is 7.10. The number of thiazole rings is 1. The van der Waals surface area contributed by atoms with Gasteiger partial charge < -0.3 is 10.6 Å². The van der Waals surface area contributed by atoms with Gasteiger partial charge in [0.05, 0.1) is 23.3 Å². The molecular formula is C17H22ClN3OS. The second-order valence-electron chi connectivity index (χ2n) is 6.46. The van der Waals surface area contributed by atoms with Crippen molar-refractivity contribution in [1.82, 2.24) is 15.6 Å². The molecular weight excluding hydrogens is 330 g/mol. The van der Waals surface area contributed by atoms with E-state index in [0.717, 1.165) is 16.3 Å². The van der Waals surface area contributed by atoms with Gasteiger partial charge in [0.15, 0.2) is 0 Å². The van der Waals surface area contributed by atoms with Crippen molar-refractivity contribution in [2.24, 2.45) is 0 Å². The van der Waals surface area contributed by atoms with E-state index in [4.69, 9.17) is 11.6 Å². The number of hydrogen-bond donors (Lipinski definition) is 2. The maximum Gasteiger partial charge on any atom is 0.315 e. The van der Waals surface area contributed by atoms with Crippen LogP contribution in [0.4, 0.5) is 4.79 Å². The SMILES string of the molecule is CC(NC(=O)NCc1csc(C(C)(C)C)n1)c1ccccc1Cl. The van der Waals surface area contributed by atoms with Crippen LogP contribution in [0.3, 0.4) is 0 Å². The second-order valence-corrected chi connectivity index (χ2v) is 7.73. The fraction of sp³-hybridized carbons (Fsp3) is 0.412. The summed E-state index contributed by atoms with van der Waals surface area (Å²) in [6.45, 7) is 8.69. The molecule has 0 radical (unpaired) electrons. The van der Waals surface area contributed by atoms with Crippen molar-refractivity contribution in [3.05, 3.63) is 50.9 Å². The van der Waals surface area contributed by atoms with Crippen molar-refractivity contribution in [3.8, 4) is 0 Å². The van der Waals surface area contributed by atoms with E-state index >= 15 is 0 Å². The van der Waals surface area contributed by atoms with E-state index in [-0.39, 0.29) is 17.5 Å². The molecule has 2 aromatic rings. The Kier molecular flexibility index (Phi) is 5.65. The third-order valence-corrected chi connectivity index (χ3v) is 5.00. The summed E-state index contributed by atoms with van der Waals surface area (Å²) in [6.07, 6.45) is 0. The Morgan fingerprint density at radius 2 is 2.04 bits per heavy atom. The van der Waals surface area contributed by atoms with E-state index in [1.165, 1.54) is 0 Å². The van der Waals surface area contributed by atoms with Gasteiger partial charge in [-0.15, -0.1) is 11.3 Å². The minimum absolute atomic E-state index is 0.0315. The normalized spacial score (nSPS) is 12.7. The van der Waals surface area contributed by atoms with E-state index in [9.17, 15) is 4.79 Å². The third-order valence-electron chi connectivity index (χ3n) is 3.34. The van der Waals surface area contributed by atoms with Crippen LogP contribution in [0.25, 0.3) is 0 Å². The number of carbonyl (C=O) groups is 1. The molecule has 0 aliphatic rings. The number of nitrogens with zero attached hydrogens (tertiary/aromatic N) is 1. The second kappa shape index (κ2) is 7.32. The molecule has 1 atom stereocenters. The number of benzene rings is 1. The molecule has 4 nitrogen and oxygen atoms in total. The number of halogens is 1. The molecule has 1 unspecified atom stereocenters. The summed E-state index contributed by atoms with van der Waals surface area (Å²) in [5.41, 5.74) is 1.80. The zero-order valence-corrected chi connectivity index (χ0v) is 15.4. The van der Waals surface area contributed by atoms with Gasteiger partial charge in [0.25, 0.3) is 0 Å². The monoisotopic (exact) mass is 351 g/mol. The smallest absolute Gasteiger partial charge is 0.315 e. The predicted molar refractivity (Wildman–Crippen MR) is 96.1 cm³/mol. The van der Waals surface area contributed by atoms with E-state index in [0.29, 0.717) is 11.6 Å². The first-order valence-corrected chi connectivity index (χ1v) is 8.77. The van der Waals surface area contributed by atoms with Gasteiger partial charge in [-0.05, 0) is 18.6 Å². The first-order chi connectivity index (χ1) is 10.8. The van der Waals surface area contributed by atoms with Crippen LogP contribution in [0, 0.1) is 0 Å². The summed E-state index contributed by atoms with van der Waals surface area (Å²) >= 11 is 7.76. The molecule has 124 valence electrons. The van der Waals surface area contributed by atoms with Crippen molar-refractivity contribution < 1.29 is 4.79 Å². The summed E-state index contributed by atoms with van der Waals surface area (Å²) in [5, 5.41) is 9.42. The van der Waals surface area contributed by atoms with Gasteiger partial charge in [-0.25, -0.2) is 9.78 Å². The number of nitrogens with one attached hydrogen (secondary N) is 2. The highest BCUT2D eigenvalue weighted by atomic mass is 35.5. The molecule has 1 heterocycles. The van der Waals surface area contributed by atoms with Gasteiger partial charge in [0.1, 0.15) is 0 Å². The van der Waals surface area contributed by atoms with Gasteiger partial charge in [-0.1, -0.05) is 50.6 Å². The predicted octanol–water partition coefficient (Wildman–Crippen LogP) is 4.65. The molecule has 0 fully saturated rings. The van der Waals surface area contributed by atoms with E-state index < -0.39 is 0 Å². The molecule has 0 bridgehead atoms. The summed E-state index contributed by atoms with van der Waals surface area (Å²) < 4.78 is 0. The molecule has 23 heavy (non-hydrogen) atoms. The maximum absolute atomic E-state index is 12.0. The van der Waals surface area contributed by atoms with E-state index in [1.54, 1.807) is 11.3 Å². The number of urea groups is 1. The zero-order valence-electron chi connectivity index (χ0n) is 13.8. The van der Waals surface area contributed by atoms with Crippen molar-refractivity contribution >= 4 is 29.0 Å². The van der Waals surface area contributed by atoms with Crippen molar-refractivity contribution in [1.29, 1.82) is 0 Å². The van der Waals surface area contributed by atoms with Crippen LogP contribution in [0.2, 0.25) is 5.02 Å². The highest BCUT2D eigenvalue weighted by molar-refractivity contribution is 7.09. The molecule has 0 spiro atoms. The number of aromatic nitrogens is 1. The molecule has 0 saturated carbocycles. The fourth-order valence-electron chi connectivity index (χ4n) is 2.06. The largest absolute Gasteiger partial charge is 0.332 e. The number of hydrogen-bond acceptors (Lipinski definition) is 3. The first kappa shape index (κ1) is 17.8. The van der Waals surface area contributed by atoms with Crippen LogP contribution in [-0.2, 0) is 12.0 Å². The molecule has 1 aromatic carbocycles. The van der Waals surface area contributed by atoms with Crippen molar-refractivity contribution in [2.75, 3.05) is 0 Å². The first-order valence-electron chi connectivity index (χ1n) is 7.51. The van der Waals surface area contributed by atoms with Crippen LogP contribution in [0.1, 0.15) is 50.0 Å². The Morgan fingerprint density at radius 3 is 2.65 bits per heavy atom. The minimum Gasteiger partial charge on any atom is -0.332 e. The molecule has 1 aromatic heterocycles. The lowest BCUT2D eigenvalue weighted by atomic mass is 9.98. The average Bonchev–Trinajstić information content (AvgIpc) is 2.94. The number of amides is 2. The highest BCUT2D eigenvalue weighted by Gasteiger charge is 2.18. The highest BCUT2D eigenvalue weighted by Crippen LogP contribution is 2.25. The summed E-state index contributed by atoms with van der Waals surface area (Å²) in [7, 11) is 0. The molecule has 0 aliphatic carbocycles. The lowest BCUT2D eigenvalue weighted by molar-refractivity contribution is 0.237. The van der Waals surface area contributed by atoms with Crippen LogP contribution < -0.4 is 10.6 Å². The molecule has 6 heteroatoms. The topological polar surface area (TPSA) is 54.0 Å². The van der Waals surface area contributed by atoms with Crippen LogP contribution in [0.15, 0.2) is 29.6 Å². The molecule has 2 amide bonds. The fourth-order valence-corrected chi connectivity index (χ4v) is 3.26. The van der Waals surface area contributed by atoms with Crippen LogP contribution in [-0.4, -0.2) is 11.0 Å². The lowest BCUT2D eigenvalue weighted by Crippen LogP contribution is -2.36. The molecule has 0 saturated heterocycles. The summed E-state index contributed by atoms with van der Waals surface area (Å²) in [4.78, 5) is 16.6. The van der Waals surface area contributed by atoms with Gasteiger partial charge in [0.2, 0.25) is 0 Å². The third kappa shape index (κ3) is 4.94. The molecule has 2 rings (SSSR count). The van der Waals surface area contributed by atoms with Crippen molar-refractivity contribution in [3.63, 3.8) is 0 Å². The Bertz CT molecular complexity index is 678. The average molecular weight is 352 g/mol. The summed E-state index contributed by atoms with van der Waals surface area (Å²) in [5.74, 6) is 0. The standard InChI is InChI=1S/C17H22ClN3OS/c1-11(13-7-5-6-8-14(13)18)20-16(22)19-9-12-10-23-15(21-12)17(2,3)4/h5-8,10-11H,9H2,1-4H3,(H2,19,20,22). The lowest BCUT2D eigenvalue weighted by Gasteiger charge is -2.16. The van der Waals surface area contributed by atoms with Gasteiger partial charge in [-0.3, -0.25) is 0 Å². The van der Waals surface area contributed by atoms with Crippen LogP contribution in [0.5, 0.6) is 0 Å². The molecule has 2 N–H and O–H groups in total. The maximum atomic E-state index is 12.0. The van der Waals surface area contributed by atoms with Gasteiger partial charge in [-0.2, -0.15) is 0 Å². The van der Waals surface area contributed by atoms with Gasteiger partial charge in [0, 0.05) is 15.8 Å². The Morgan fingerprint density at radius 1 is 1.35 bits per heavy atom. The minimum atomic E-state index is -0.234. The number of rotatable bonds is 4. The van der Waals surface area contributed by atoms with Gasteiger partial charge >= 0.3 is 6.03 Å². The Hall–Kier alpha value is -1.59. The molecule has 0 aliphatic heterocycles. The van der Waals surface area contributed by atoms with E-state index in [1.807, 2.05) is 36.6 Å². The van der Waals surface area contributed by atoms with E-state index in [2.05, 4.69) is 36.4 Å². The zero-order chi connectivity index (χ0) is 17.0. The van der Waals surface area contributed by atoms with Crippen molar-refractivity contribution in [2.45, 2.75) is 45.7 Å². The number of carbonyl (C=O) groups excluding carboxylic acids is 1. The Balaban J connectivity index is 1.88.